The molecule has 1 fully saturated rings. The average Bonchev–Trinajstić information content (AvgIpc) is 2.81. The van der Waals surface area contributed by atoms with Crippen LogP contribution in [0.5, 0.6) is 5.75 Å². The van der Waals surface area contributed by atoms with Gasteiger partial charge in [0.15, 0.2) is 5.78 Å². The molecule has 0 saturated carbocycles. The Bertz CT molecular complexity index is 397. The number of carbonyl (C=O) groups is 1. The number of benzene rings is 1. The van der Waals surface area contributed by atoms with Crippen LogP contribution in [0, 0.1) is 0 Å². The van der Waals surface area contributed by atoms with Crippen LogP contribution in [0.25, 0.3) is 0 Å². The summed E-state index contributed by atoms with van der Waals surface area (Å²) < 4.78 is 10.4. The van der Waals surface area contributed by atoms with Gasteiger partial charge in [0, 0.05) is 23.9 Å². The molecule has 2 rings (SSSR count). The fourth-order valence-corrected chi connectivity index (χ4v) is 1.85. The number of rotatable bonds is 3. The molecule has 1 aromatic carbocycles. The van der Waals surface area contributed by atoms with Crippen molar-refractivity contribution < 1.29 is 14.3 Å². The van der Waals surface area contributed by atoms with Gasteiger partial charge < -0.3 is 15.2 Å². The third-order valence-electron chi connectivity index (χ3n) is 2.75. The van der Waals surface area contributed by atoms with E-state index < -0.39 is 0 Å². The van der Waals surface area contributed by atoms with Gasteiger partial charge >= 0.3 is 0 Å². The number of hydrogen-bond acceptors (Lipinski definition) is 4. The van der Waals surface area contributed by atoms with E-state index in [1.54, 1.807) is 25.3 Å². The highest BCUT2D eigenvalue weighted by atomic mass is 16.5. The molecule has 1 heterocycles. The summed E-state index contributed by atoms with van der Waals surface area (Å²) in [6, 6.07) is 5.08. The van der Waals surface area contributed by atoms with Crippen molar-refractivity contribution in [3.05, 3.63) is 23.8 Å². The number of ketones is 1. The summed E-state index contributed by atoms with van der Waals surface area (Å²) in [5, 5.41) is 0. The number of Topliss-reactive ketones (excluding diaryl/α,β-unsaturated/α-hetero) is 1. The van der Waals surface area contributed by atoms with E-state index in [2.05, 4.69) is 0 Å². The van der Waals surface area contributed by atoms with E-state index in [9.17, 15) is 4.79 Å². The Labute approximate surface area is 94.3 Å². The standard InChI is InChI=1S/C12H15NO3/c1-15-8-4-5-9(10(13)7-8)12(14)11-3-2-6-16-11/h4-5,7,11H,2-3,6,13H2,1H3. The molecule has 16 heavy (non-hydrogen) atoms. The lowest BCUT2D eigenvalue weighted by Crippen LogP contribution is -2.20. The summed E-state index contributed by atoms with van der Waals surface area (Å²) in [5.74, 6) is 0.624. The summed E-state index contributed by atoms with van der Waals surface area (Å²) >= 11 is 0. The monoisotopic (exact) mass is 221 g/mol. The van der Waals surface area contributed by atoms with Crippen molar-refractivity contribution in [2.24, 2.45) is 0 Å². The maximum absolute atomic E-state index is 12.0. The topological polar surface area (TPSA) is 61.5 Å². The first-order valence-electron chi connectivity index (χ1n) is 5.31. The average molecular weight is 221 g/mol. The van der Waals surface area contributed by atoms with Crippen molar-refractivity contribution in [3.63, 3.8) is 0 Å². The zero-order chi connectivity index (χ0) is 11.5. The normalized spacial score (nSPS) is 19.7. The summed E-state index contributed by atoms with van der Waals surface area (Å²) in [7, 11) is 1.57. The molecule has 0 aromatic heterocycles. The highest BCUT2D eigenvalue weighted by Gasteiger charge is 2.26. The fraction of sp³-hybridized carbons (Fsp3) is 0.417. The predicted octanol–water partition coefficient (Wildman–Crippen LogP) is 1.64. The first-order valence-corrected chi connectivity index (χ1v) is 5.31. The van der Waals surface area contributed by atoms with E-state index in [0.717, 1.165) is 12.8 Å². The van der Waals surface area contributed by atoms with E-state index in [1.165, 1.54) is 0 Å². The Hall–Kier alpha value is -1.55. The van der Waals surface area contributed by atoms with Crippen LogP contribution < -0.4 is 10.5 Å². The SMILES string of the molecule is COc1ccc(C(=O)C2CCCO2)c(N)c1. The Morgan fingerprint density at radius 2 is 2.38 bits per heavy atom. The highest BCUT2D eigenvalue weighted by Crippen LogP contribution is 2.24. The minimum atomic E-state index is -0.323. The van der Waals surface area contributed by atoms with Gasteiger partial charge in [0.05, 0.1) is 7.11 Å². The van der Waals surface area contributed by atoms with Crippen molar-refractivity contribution in [1.29, 1.82) is 0 Å². The Kier molecular flexibility index (Phi) is 3.10. The van der Waals surface area contributed by atoms with Crippen molar-refractivity contribution in [2.45, 2.75) is 18.9 Å². The third-order valence-corrected chi connectivity index (χ3v) is 2.75. The Morgan fingerprint density at radius 1 is 1.56 bits per heavy atom. The smallest absolute Gasteiger partial charge is 0.193 e. The molecule has 1 unspecified atom stereocenters. The predicted molar refractivity (Wildman–Crippen MR) is 60.7 cm³/mol. The molecule has 1 saturated heterocycles. The molecular formula is C12H15NO3. The number of nitrogens with two attached hydrogens (primary N) is 1. The van der Waals surface area contributed by atoms with Gasteiger partial charge in [-0.2, -0.15) is 0 Å². The Morgan fingerprint density at radius 3 is 2.94 bits per heavy atom. The zero-order valence-corrected chi connectivity index (χ0v) is 9.23. The number of hydrogen-bond donors (Lipinski definition) is 1. The van der Waals surface area contributed by atoms with Gasteiger partial charge in [0.25, 0.3) is 0 Å². The van der Waals surface area contributed by atoms with E-state index in [1.807, 2.05) is 0 Å². The summed E-state index contributed by atoms with van der Waals surface area (Å²) in [5.41, 5.74) is 6.77. The summed E-state index contributed by atoms with van der Waals surface area (Å²) in [6.45, 7) is 0.659. The molecule has 0 radical (unpaired) electrons. The van der Waals surface area contributed by atoms with E-state index in [4.69, 9.17) is 15.2 Å². The molecule has 0 amide bonds. The summed E-state index contributed by atoms with van der Waals surface area (Å²) in [4.78, 5) is 12.0. The van der Waals surface area contributed by atoms with Crippen LogP contribution in [0.2, 0.25) is 0 Å². The van der Waals surface area contributed by atoms with E-state index in [0.29, 0.717) is 23.6 Å². The van der Waals surface area contributed by atoms with Crippen LogP contribution in [-0.2, 0) is 4.74 Å². The van der Waals surface area contributed by atoms with E-state index in [-0.39, 0.29) is 11.9 Å². The van der Waals surface area contributed by atoms with Crippen molar-refractivity contribution in [1.82, 2.24) is 0 Å². The minimum Gasteiger partial charge on any atom is -0.497 e. The maximum Gasteiger partial charge on any atom is 0.193 e. The van der Waals surface area contributed by atoms with Crippen molar-refractivity contribution in [2.75, 3.05) is 19.5 Å². The largest absolute Gasteiger partial charge is 0.497 e. The molecule has 0 bridgehead atoms. The number of carbonyl (C=O) groups excluding carboxylic acids is 1. The van der Waals surface area contributed by atoms with E-state index >= 15 is 0 Å². The third kappa shape index (κ3) is 2.02. The molecule has 1 atom stereocenters. The molecular weight excluding hydrogens is 206 g/mol. The summed E-state index contributed by atoms with van der Waals surface area (Å²) in [6.07, 6.45) is 1.40. The van der Waals surface area contributed by atoms with Crippen LogP contribution in [0.4, 0.5) is 5.69 Å². The van der Waals surface area contributed by atoms with Crippen LogP contribution in [-0.4, -0.2) is 25.6 Å². The number of ether oxygens (including phenoxy) is 2. The van der Waals surface area contributed by atoms with Crippen LogP contribution in [0.15, 0.2) is 18.2 Å². The van der Waals surface area contributed by atoms with Crippen LogP contribution in [0.1, 0.15) is 23.2 Å². The first-order chi connectivity index (χ1) is 7.72. The molecule has 86 valence electrons. The maximum atomic E-state index is 12.0. The highest BCUT2D eigenvalue weighted by molar-refractivity contribution is 6.04. The lowest BCUT2D eigenvalue weighted by molar-refractivity contribution is 0.0644. The number of anilines is 1. The van der Waals surface area contributed by atoms with Crippen LogP contribution in [0.3, 0.4) is 0 Å². The zero-order valence-electron chi connectivity index (χ0n) is 9.23. The van der Waals surface area contributed by atoms with Gasteiger partial charge in [-0.3, -0.25) is 4.79 Å². The molecule has 0 spiro atoms. The van der Waals surface area contributed by atoms with Crippen molar-refractivity contribution >= 4 is 11.5 Å². The lowest BCUT2D eigenvalue weighted by atomic mass is 10.0. The second-order valence-corrected chi connectivity index (χ2v) is 3.82. The number of methoxy groups -OCH3 is 1. The van der Waals surface area contributed by atoms with Gasteiger partial charge in [-0.15, -0.1) is 0 Å². The van der Waals surface area contributed by atoms with Gasteiger partial charge in [-0.25, -0.2) is 0 Å². The van der Waals surface area contributed by atoms with Crippen LogP contribution >= 0.6 is 0 Å². The van der Waals surface area contributed by atoms with Gasteiger partial charge in [-0.1, -0.05) is 0 Å². The molecule has 0 aliphatic carbocycles. The first kappa shape index (κ1) is 11.0. The van der Waals surface area contributed by atoms with Gasteiger partial charge in [-0.05, 0) is 25.0 Å². The quantitative estimate of drug-likeness (QED) is 0.622. The molecule has 1 aliphatic heterocycles. The molecule has 2 N–H and O–H groups in total. The second kappa shape index (κ2) is 4.53. The molecule has 1 aliphatic rings. The van der Waals surface area contributed by atoms with Crippen molar-refractivity contribution in [3.8, 4) is 5.75 Å². The lowest BCUT2D eigenvalue weighted by Gasteiger charge is -2.11. The second-order valence-electron chi connectivity index (χ2n) is 3.82. The fourth-order valence-electron chi connectivity index (χ4n) is 1.85. The minimum absolute atomic E-state index is 0.0300. The molecule has 4 nitrogen and oxygen atoms in total. The van der Waals surface area contributed by atoms with Gasteiger partial charge in [0.1, 0.15) is 11.9 Å². The molecule has 4 heteroatoms. The van der Waals surface area contributed by atoms with Gasteiger partial charge in [0.2, 0.25) is 0 Å². The molecule has 1 aromatic rings. The number of nitrogen functional groups attached to an aromatic ring is 1. The Balaban J connectivity index is 2.22.